The number of thiophene rings is 1. The molecule has 0 aliphatic heterocycles. The quantitative estimate of drug-likeness (QED) is 0.384. The molecule has 10 heteroatoms. The first-order valence-corrected chi connectivity index (χ1v) is 10.6. The average Bonchev–Trinajstić information content (AvgIpc) is 3.36. The molecule has 0 spiro atoms. The van der Waals surface area contributed by atoms with Gasteiger partial charge in [-0.05, 0) is 36.6 Å². The van der Waals surface area contributed by atoms with Crippen molar-refractivity contribution in [2.24, 2.45) is 0 Å². The van der Waals surface area contributed by atoms with Crippen LogP contribution in [0.15, 0.2) is 54.6 Å². The lowest BCUT2D eigenvalue weighted by Crippen LogP contribution is -2.25. The van der Waals surface area contributed by atoms with Gasteiger partial charge in [0.25, 0.3) is 5.91 Å². The highest BCUT2D eigenvalue weighted by molar-refractivity contribution is 7.19. The lowest BCUT2D eigenvalue weighted by atomic mass is 10.1. The molecule has 1 aromatic carbocycles. The maximum absolute atomic E-state index is 13.6. The minimum Gasteiger partial charge on any atom is -0.351 e. The first-order valence-electron chi connectivity index (χ1n) is 9.37. The van der Waals surface area contributed by atoms with Crippen LogP contribution in [0.2, 0.25) is 4.34 Å². The molecule has 31 heavy (non-hydrogen) atoms. The summed E-state index contributed by atoms with van der Waals surface area (Å²) in [4.78, 5) is 17.2. The molecule has 1 amide bonds. The van der Waals surface area contributed by atoms with Crippen molar-refractivity contribution in [3.8, 4) is 10.6 Å². The summed E-state index contributed by atoms with van der Waals surface area (Å²) in [6, 6.07) is 15.1. The fraction of sp³-hybridized carbons (Fsp3) is 0.190. The van der Waals surface area contributed by atoms with Gasteiger partial charge in [-0.15, -0.1) is 11.3 Å². The predicted octanol–water partition coefficient (Wildman–Crippen LogP) is 5.49. The fourth-order valence-electron chi connectivity index (χ4n) is 3.10. The molecule has 0 radical (unpaired) electrons. The Morgan fingerprint density at radius 3 is 2.58 bits per heavy atom. The molecule has 0 bridgehead atoms. The topological polar surface area (TPSA) is 59.3 Å². The van der Waals surface area contributed by atoms with Crippen LogP contribution in [0.1, 0.15) is 28.2 Å². The molecule has 160 valence electrons. The molecular formula is C21H16ClF3N4OS. The molecule has 5 nitrogen and oxygen atoms in total. The number of hydrogen-bond donors (Lipinski definition) is 1. The van der Waals surface area contributed by atoms with Crippen LogP contribution in [0.4, 0.5) is 13.2 Å². The molecule has 0 atom stereocenters. The summed E-state index contributed by atoms with van der Waals surface area (Å²) in [7, 11) is 0. The van der Waals surface area contributed by atoms with Crippen molar-refractivity contribution in [1.82, 2.24) is 19.9 Å². The summed E-state index contributed by atoms with van der Waals surface area (Å²) in [5.41, 5.74) is 0.0548. The number of rotatable bonds is 6. The highest BCUT2D eigenvalue weighted by atomic mass is 35.5. The van der Waals surface area contributed by atoms with Gasteiger partial charge in [0.2, 0.25) is 0 Å². The Labute approximate surface area is 184 Å². The van der Waals surface area contributed by atoms with Crippen molar-refractivity contribution in [1.29, 1.82) is 0 Å². The van der Waals surface area contributed by atoms with Crippen molar-refractivity contribution in [3.63, 3.8) is 0 Å². The van der Waals surface area contributed by atoms with Crippen LogP contribution in [0.3, 0.4) is 0 Å². The molecule has 0 saturated heterocycles. The summed E-state index contributed by atoms with van der Waals surface area (Å²) in [5.74, 6) is -0.549. The van der Waals surface area contributed by atoms with Gasteiger partial charge in [0.05, 0.1) is 14.9 Å². The van der Waals surface area contributed by atoms with Gasteiger partial charge in [-0.3, -0.25) is 4.79 Å². The van der Waals surface area contributed by atoms with E-state index in [1.165, 1.54) is 6.07 Å². The van der Waals surface area contributed by atoms with E-state index >= 15 is 0 Å². The Hall–Kier alpha value is -2.91. The number of nitrogens with one attached hydrogen (secondary N) is 1. The van der Waals surface area contributed by atoms with E-state index in [1.807, 2.05) is 30.3 Å². The summed E-state index contributed by atoms with van der Waals surface area (Å²) >= 11 is 7.02. The van der Waals surface area contributed by atoms with Gasteiger partial charge >= 0.3 is 6.18 Å². The van der Waals surface area contributed by atoms with E-state index in [0.717, 1.165) is 29.4 Å². The number of alkyl halides is 3. The number of aryl methyl sites for hydroxylation is 1. The van der Waals surface area contributed by atoms with Crippen LogP contribution < -0.4 is 5.32 Å². The Kier molecular flexibility index (Phi) is 5.97. The third-order valence-corrected chi connectivity index (χ3v) is 5.80. The number of amides is 1. The van der Waals surface area contributed by atoms with E-state index in [2.05, 4.69) is 15.4 Å². The van der Waals surface area contributed by atoms with Crippen molar-refractivity contribution >= 4 is 34.5 Å². The summed E-state index contributed by atoms with van der Waals surface area (Å²) in [6.45, 7) is 0.375. The summed E-state index contributed by atoms with van der Waals surface area (Å²) in [6.07, 6.45) is -3.20. The predicted molar refractivity (Wildman–Crippen MR) is 113 cm³/mol. The van der Waals surface area contributed by atoms with Crippen molar-refractivity contribution in [2.75, 3.05) is 6.54 Å². The van der Waals surface area contributed by atoms with Crippen LogP contribution >= 0.6 is 22.9 Å². The molecule has 3 aromatic heterocycles. The molecule has 1 N–H and O–H groups in total. The number of halogens is 4. The average molecular weight is 465 g/mol. The molecule has 0 saturated carbocycles. The van der Waals surface area contributed by atoms with E-state index in [1.54, 1.807) is 12.1 Å². The lowest BCUT2D eigenvalue weighted by molar-refractivity contribution is -0.142. The van der Waals surface area contributed by atoms with Crippen molar-refractivity contribution < 1.29 is 18.0 Å². The largest absolute Gasteiger partial charge is 0.433 e. The van der Waals surface area contributed by atoms with Gasteiger partial charge < -0.3 is 5.32 Å². The molecule has 4 rings (SSSR count). The van der Waals surface area contributed by atoms with Crippen LogP contribution in [-0.4, -0.2) is 27.0 Å². The number of nitrogens with zero attached hydrogens (tertiary/aromatic N) is 3. The zero-order chi connectivity index (χ0) is 22.0. The monoisotopic (exact) mass is 464 g/mol. The SMILES string of the molecule is O=C(NCCCc1ccccc1)c1cc2nc(-c3ccc(Cl)s3)cc(C(F)(F)F)n2n1. The van der Waals surface area contributed by atoms with Crippen LogP contribution in [0, 0.1) is 0 Å². The van der Waals surface area contributed by atoms with Gasteiger partial charge in [0.1, 0.15) is 0 Å². The first-order chi connectivity index (χ1) is 14.8. The fourth-order valence-corrected chi connectivity index (χ4v) is 4.10. The van der Waals surface area contributed by atoms with Crippen LogP contribution in [-0.2, 0) is 12.6 Å². The smallest absolute Gasteiger partial charge is 0.351 e. The molecular weight excluding hydrogens is 449 g/mol. The second kappa shape index (κ2) is 8.68. The minimum atomic E-state index is -4.67. The van der Waals surface area contributed by atoms with Crippen LogP contribution in [0.5, 0.6) is 0 Å². The zero-order valence-electron chi connectivity index (χ0n) is 16.0. The number of fused-ring (bicyclic) bond motifs is 1. The molecule has 3 heterocycles. The second-order valence-corrected chi connectivity index (χ2v) is 8.49. The molecule has 0 aliphatic rings. The lowest BCUT2D eigenvalue weighted by Gasteiger charge is -2.10. The Morgan fingerprint density at radius 1 is 1.13 bits per heavy atom. The summed E-state index contributed by atoms with van der Waals surface area (Å²) in [5, 5.41) is 6.55. The second-order valence-electron chi connectivity index (χ2n) is 6.77. The Morgan fingerprint density at radius 2 is 1.90 bits per heavy atom. The third-order valence-electron chi connectivity index (χ3n) is 4.55. The first kappa shape index (κ1) is 21.3. The number of aromatic nitrogens is 3. The highest BCUT2D eigenvalue weighted by Gasteiger charge is 2.35. The number of carbonyl (C=O) groups excluding carboxylic acids is 1. The van der Waals surface area contributed by atoms with Gasteiger partial charge in [-0.2, -0.15) is 18.3 Å². The standard InChI is InChI=1S/C21H16ClF3N4OS/c22-18-9-8-16(31-18)14-11-17(21(23,24)25)29-19(27-14)12-15(28-29)20(30)26-10-4-7-13-5-2-1-3-6-13/h1-3,5-6,8-9,11-12H,4,7,10H2,(H,26,30). The van der Waals surface area contributed by atoms with Crippen molar-refractivity contribution in [2.45, 2.75) is 19.0 Å². The normalized spacial score (nSPS) is 11.7. The van der Waals surface area contributed by atoms with Gasteiger partial charge in [0.15, 0.2) is 17.0 Å². The van der Waals surface area contributed by atoms with Gasteiger partial charge in [-0.25, -0.2) is 9.50 Å². The van der Waals surface area contributed by atoms with E-state index in [0.29, 0.717) is 26.7 Å². The number of benzene rings is 1. The minimum absolute atomic E-state index is 0.0659. The Bertz CT molecular complexity index is 1220. The molecule has 0 unspecified atom stereocenters. The molecule has 0 fully saturated rings. The zero-order valence-corrected chi connectivity index (χ0v) is 17.6. The summed E-state index contributed by atoms with van der Waals surface area (Å²) < 4.78 is 42.0. The Balaban J connectivity index is 1.55. The maximum atomic E-state index is 13.6. The van der Waals surface area contributed by atoms with E-state index in [9.17, 15) is 18.0 Å². The van der Waals surface area contributed by atoms with E-state index < -0.39 is 17.8 Å². The number of hydrogen-bond acceptors (Lipinski definition) is 4. The number of carbonyl (C=O) groups is 1. The van der Waals surface area contributed by atoms with Crippen LogP contribution in [0.25, 0.3) is 16.2 Å². The van der Waals surface area contributed by atoms with Crippen molar-refractivity contribution in [3.05, 3.63) is 75.9 Å². The maximum Gasteiger partial charge on any atom is 0.433 e. The highest BCUT2D eigenvalue weighted by Crippen LogP contribution is 2.35. The molecule has 0 aliphatic carbocycles. The van der Waals surface area contributed by atoms with E-state index in [4.69, 9.17) is 11.6 Å². The third kappa shape index (κ3) is 4.88. The van der Waals surface area contributed by atoms with E-state index in [-0.39, 0.29) is 17.0 Å². The molecule has 4 aromatic rings. The van der Waals surface area contributed by atoms with Gasteiger partial charge in [0, 0.05) is 12.6 Å². The van der Waals surface area contributed by atoms with Gasteiger partial charge in [-0.1, -0.05) is 41.9 Å².